The number of hydrogen-bond donors (Lipinski definition) is 0. The highest BCUT2D eigenvalue weighted by Crippen LogP contribution is 2.21. The van der Waals surface area contributed by atoms with E-state index in [2.05, 4.69) is 4.90 Å². The Hall–Kier alpha value is -1.13. The van der Waals surface area contributed by atoms with E-state index in [9.17, 15) is 4.39 Å². The van der Waals surface area contributed by atoms with Crippen molar-refractivity contribution in [3.8, 4) is 5.75 Å². The van der Waals surface area contributed by atoms with Crippen molar-refractivity contribution in [1.82, 2.24) is 4.90 Å². The second-order valence-corrected chi connectivity index (χ2v) is 4.74. The number of ether oxygens (including phenoxy) is 2. The summed E-state index contributed by atoms with van der Waals surface area (Å²) >= 11 is 0. The summed E-state index contributed by atoms with van der Waals surface area (Å²) in [4.78, 5) is 2.41. The van der Waals surface area contributed by atoms with E-state index in [4.69, 9.17) is 9.47 Å². The summed E-state index contributed by atoms with van der Waals surface area (Å²) in [6.45, 7) is 7.25. The molecule has 0 unspecified atom stereocenters. The van der Waals surface area contributed by atoms with Crippen molar-refractivity contribution in [2.24, 2.45) is 0 Å². The molecule has 2 rings (SSSR count). The maximum absolute atomic E-state index is 13.2. The number of morpholine rings is 1. The van der Waals surface area contributed by atoms with E-state index < -0.39 is 0 Å². The smallest absolute Gasteiger partial charge is 0.126 e. The third kappa shape index (κ3) is 4.48. The highest BCUT2D eigenvalue weighted by atomic mass is 19.1. The fraction of sp³-hybridized carbons (Fsp3) is 0.600. The molecule has 4 heteroatoms. The van der Waals surface area contributed by atoms with E-state index in [1.54, 1.807) is 0 Å². The predicted molar refractivity (Wildman–Crippen MR) is 73.1 cm³/mol. The number of nitrogens with zero attached hydrogens (tertiary/aromatic N) is 1. The summed E-state index contributed by atoms with van der Waals surface area (Å²) < 4.78 is 24.0. The van der Waals surface area contributed by atoms with Crippen molar-refractivity contribution in [3.63, 3.8) is 0 Å². The van der Waals surface area contributed by atoms with Crippen molar-refractivity contribution in [2.45, 2.75) is 19.8 Å². The molecule has 0 bridgehead atoms. The molecule has 1 aliphatic rings. The van der Waals surface area contributed by atoms with Gasteiger partial charge in [-0.05, 0) is 37.9 Å². The summed E-state index contributed by atoms with van der Waals surface area (Å²) in [5.74, 6) is 0.449. The molecule has 3 nitrogen and oxygen atoms in total. The summed E-state index contributed by atoms with van der Waals surface area (Å²) in [6, 6.07) is 4.82. The first-order chi connectivity index (χ1) is 9.29. The molecule has 1 saturated heterocycles. The summed E-state index contributed by atoms with van der Waals surface area (Å²) in [5.41, 5.74) is 1.09. The maximum atomic E-state index is 13.2. The molecule has 1 fully saturated rings. The van der Waals surface area contributed by atoms with Crippen molar-refractivity contribution >= 4 is 0 Å². The molecule has 0 atom stereocenters. The Morgan fingerprint density at radius 2 is 2.11 bits per heavy atom. The minimum Gasteiger partial charge on any atom is -0.493 e. The van der Waals surface area contributed by atoms with E-state index in [1.165, 1.54) is 12.1 Å². The van der Waals surface area contributed by atoms with E-state index in [-0.39, 0.29) is 5.82 Å². The first-order valence-corrected chi connectivity index (χ1v) is 7.01. The lowest BCUT2D eigenvalue weighted by atomic mass is 10.1. The number of aryl methyl sites for hydroxylation is 1. The maximum Gasteiger partial charge on any atom is 0.126 e. The van der Waals surface area contributed by atoms with Gasteiger partial charge in [-0.3, -0.25) is 4.90 Å². The standard InChI is InChI=1S/C15H22FNO2/c1-2-19-15-12-14(16)6-5-13(15)4-3-7-17-8-10-18-11-9-17/h5-6,12H,2-4,7-11H2,1H3. The minimum absolute atomic E-state index is 0.236. The Kier molecular flexibility index (Phi) is 5.61. The van der Waals surface area contributed by atoms with Gasteiger partial charge in [-0.25, -0.2) is 4.39 Å². The van der Waals surface area contributed by atoms with Crippen LogP contribution in [0.1, 0.15) is 18.9 Å². The average Bonchev–Trinajstić information content (AvgIpc) is 2.43. The van der Waals surface area contributed by atoms with Crippen molar-refractivity contribution in [2.75, 3.05) is 39.5 Å². The Bertz CT molecular complexity index is 392. The topological polar surface area (TPSA) is 21.7 Å². The molecule has 1 aromatic rings. The largest absolute Gasteiger partial charge is 0.493 e. The van der Waals surface area contributed by atoms with E-state index in [0.717, 1.165) is 51.3 Å². The third-order valence-corrected chi connectivity index (χ3v) is 3.35. The van der Waals surface area contributed by atoms with Crippen LogP contribution in [0, 0.1) is 5.82 Å². The fourth-order valence-electron chi connectivity index (χ4n) is 2.34. The van der Waals surface area contributed by atoms with Gasteiger partial charge in [0.25, 0.3) is 0 Å². The van der Waals surface area contributed by atoms with E-state index in [0.29, 0.717) is 12.4 Å². The molecule has 0 N–H and O–H groups in total. The highest BCUT2D eigenvalue weighted by Gasteiger charge is 2.10. The zero-order chi connectivity index (χ0) is 13.5. The predicted octanol–water partition coefficient (Wildman–Crippen LogP) is 2.49. The van der Waals surface area contributed by atoms with Gasteiger partial charge in [0.2, 0.25) is 0 Å². The van der Waals surface area contributed by atoms with Crippen LogP contribution in [0.25, 0.3) is 0 Å². The van der Waals surface area contributed by atoms with Gasteiger partial charge in [-0.15, -0.1) is 0 Å². The van der Waals surface area contributed by atoms with Gasteiger partial charge < -0.3 is 9.47 Å². The van der Waals surface area contributed by atoms with Crippen LogP contribution in [0.3, 0.4) is 0 Å². The van der Waals surface area contributed by atoms with Gasteiger partial charge in [-0.2, -0.15) is 0 Å². The van der Waals surface area contributed by atoms with Crippen LogP contribution in [0.4, 0.5) is 4.39 Å². The van der Waals surface area contributed by atoms with Crippen LogP contribution in [0.2, 0.25) is 0 Å². The lowest BCUT2D eigenvalue weighted by Crippen LogP contribution is -2.36. The minimum atomic E-state index is -0.236. The van der Waals surface area contributed by atoms with E-state index >= 15 is 0 Å². The van der Waals surface area contributed by atoms with Gasteiger partial charge in [0.15, 0.2) is 0 Å². The number of rotatable bonds is 6. The van der Waals surface area contributed by atoms with Crippen molar-refractivity contribution in [3.05, 3.63) is 29.6 Å². The lowest BCUT2D eigenvalue weighted by molar-refractivity contribution is 0.0374. The monoisotopic (exact) mass is 267 g/mol. The Balaban J connectivity index is 1.84. The molecule has 0 aliphatic carbocycles. The average molecular weight is 267 g/mol. The van der Waals surface area contributed by atoms with Gasteiger partial charge in [0.1, 0.15) is 11.6 Å². The van der Waals surface area contributed by atoms with Crippen LogP contribution in [-0.4, -0.2) is 44.4 Å². The highest BCUT2D eigenvalue weighted by molar-refractivity contribution is 5.34. The molecule has 1 aliphatic heterocycles. The molecule has 0 radical (unpaired) electrons. The molecule has 0 spiro atoms. The van der Waals surface area contributed by atoms with Gasteiger partial charge in [-0.1, -0.05) is 6.07 Å². The molecule has 0 amide bonds. The molecule has 106 valence electrons. The molecular weight excluding hydrogens is 245 g/mol. The summed E-state index contributed by atoms with van der Waals surface area (Å²) in [5, 5.41) is 0. The Morgan fingerprint density at radius 3 is 2.84 bits per heavy atom. The SMILES string of the molecule is CCOc1cc(F)ccc1CCCN1CCOCC1. The second kappa shape index (κ2) is 7.46. The van der Waals surface area contributed by atoms with Gasteiger partial charge in [0.05, 0.1) is 19.8 Å². The normalized spacial score (nSPS) is 16.5. The van der Waals surface area contributed by atoms with Crippen LogP contribution in [-0.2, 0) is 11.2 Å². The van der Waals surface area contributed by atoms with Crippen LogP contribution < -0.4 is 4.74 Å². The van der Waals surface area contributed by atoms with Gasteiger partial charge in [0, 0.05) is 19.2 Å². The molecule has 1 aromatic carbocycles. The van der Waals surface area contributed by atoms with Gasteiger partial charge >= 0.3 is 0 Å². The van der Waals surface area contributed by atoms with Crippen LogP contribution in [0.5, 0.6) is 5.75 Å². The number of halogens is 1. The van der Waals surface area contributed by atoms with Crippen LogP contribution >= 0.6 is 0 Å². The number of benzene rings is 1. The summed E-state index contributed by atoms with van der Waals surface area (Å²) in [7, 11) is 0. The lowest BCUT2D eigenvalue weighted by Gasteiger charge is -2.26. The number of hydrogen-bond acceptors (Lipinski definition) is 3. The first-order valence-electron chi connectivity index (χ1n) is 7.01. The molecular formula is C15H22FNO2. The summed E-state index contributed by atoms with van der Waals surface area (Å²) in [6.07, 6.45) is 1.98. The zero-order valence-electron chi connectivity index (χ0n) is 11.5. The van der Waals surface area contributed by atoms with Crippen LogP contribution in [0.15, 0.2) is 18.2 Å². The Morgan fingerprint density at radius 1 is 1.32 bits per heavy atom. The Labute approximate surface area is 114 Å². The molecule has 0 saturated carbocycles. The zero-order valence-corrected chi connectivity index (χ0v) is 11.5. The second-order valence-electron chi connectivity index (χ2n) is 4.74. The van der Waals surface area contributed by atoms with Crippen molar-refractivity contribution < 1.29 is 13.9 Å². The molecule has 19 heavy (non-hydrogen) atoms. The van der Waals surface area contributed by atoms with E-state index in [1.807, 2.05) is 13.0 Å². The molecule has 0 aromatic heterocycles. The quantitative estimate of drug-likeness (QED) is 0.790. The molecule has 1 heterocycles. The third-order valence-electron chi connectivity index (χ3n) is 3.35. The first kappa shape index (κ1) is 14.3. The van der Waals surface area contributed by atoms with Crippen molar-refractivity contribution in [1.29, 1.82) is 0 Å². The fourth-order valence-corrected chi connectivity index (χ4v) is 2.34.